The van der Waals surface area contributed by atoms with Gasteiger partial charge in [0.1, 0.15) is 10.7 Å². The number of hydrogen-bond acceptors (Lipinski definition) is 4. The molecule has 0 spiro atoms. The molecule has 0 fully saturated rings. The third-order valence-corrected chi connectivity index (χ3v) is 5.63. The van der Waals surface area contributed by atoms with E-state index in [4.69, 9.17) is 0 Å². The van der Waals surface area contributed by atoms with Gasteiger partial charge in [0, 0.05) is 10.6 Å². The van der Waals surface area contributed by atoms with Gasteiger partial charge in [-0.2, -0.15) is 0 Å². The zero-order chi connectivity index (χ0) is 14.2. The molecule has 0 aromatic carbocycles. The number of nitrogens with one attached hydrogen (secondary N) is 1. The molecule has 0 aliphatic rings. The van der Waals surface area contributed by atoms with Crippen LogP contribution in [0.1, 0.15) is 16.1 Å². The number of aryl methyl sites for hydroxylation is 3. The largest absolute Gasteiger partial charge is 0.264 e. The van der Waals surface area contributed by atoms with E-state index in [2.05, 4.69) is 25.6 Å². The first-order valence-electron chi connectivity index (χ1n) is 5.52. The number of hydrogen-bond donors (Lipinski definition) is 1. The van der Waals surface area contributed by atoms with Crippen LogP contribution in [-0.4, -0.2) is 13.4 Å². The van der Waals surface area contributed by atoms with Crippen molar-refractivity contribution in [3.05, 3.63) is 38.1 Å². The van der Waals surface area contributed by atoms with Crippen molar-refractivity contribution in [1.82, 2.24) is 4.98 Å². The zero-order valence-corrected chi connectivity index (χ0v) is 13.9. The van der Waals surface area contributed by atoms with Gasteiger partial charge in [0.2, 0.25) is 0 Å². The first-order chi connectivity index (χ1) is 8.78. The summed E-state index contributed by atoms with van der Waals surface area (Å²) < 4.78 is 27.9. The van der Waals surface area contributed by atoms with E-state index in [0.717, 1.165) is 19.9 Å². The summed E-state index contributed by atoms with van der Waals surface area (Å²) in [4.78, 5) is 5.20. The van der Waals surface area contributed by atoms with Crippen LogP contribution in [0.15, 0.2) is 26.9 Å². The molecule has 1 N–H and O–H groups in total. The minimum absolute atomic E-state index is 0.283. The number of rotatable bonds is 3. The number of thiophene rings is 1. The van der Waals surface area contributed by atoms with Gasteiger partial charge >= 0.3 is 0 Å². The average Bonchev–Trinajstić information content (AvgIpc) is 2.56. The Hall–Kier alpha value is -0.920. The van der Waals surface area contributed by atoms with E-state index in [-0.39, 0.29) is 4.90 Å². The van der Waals surface area contributed by atoms with Crippen LogP contribution >= 0.6 is 27.3 Å². The highest BCUT2D eigenvalue weighted by atomic mass is 79.9. The molecule has 2 rings (SSSR count). The summed E-state index contributed by atoms with van der Waals surface area (Å²) in [5, 5.41) is 0. The summed E-state index contributed by atoms with van der Waals surface area (Å²) in [5.41, 5.74) is 1.74. The Morgan fingerprint density at radius 2 is 1.89 bits per heavy atom. The van der Waals surface area contributed by atoms with Gasteiger partial charge in [0.15, 0.2) is 0 Å². The van der Waals surface area contributed by atoms with Crippen LogP contribution in [0.4, 0.5) is 5.82 Å². The fourth-order valence-corrected chi connectivity index (χ4v) is 5.19. The lowest BCUT2D eigenvalue weighted by atomic mass is 10.2. The molecule has 0 amide bonds. The molecule has 2 heterocycles. The quantitative estimate of drug-likeness (QED) is 0.908. The van der Waals surface area contributed by atoms with Crippen molar-refractivity contribution in [2.24, 2.45) is 0 Å². The number of anilines is 1. The van der Waals surface area contributed by atoms with Crippen molar-refractivity contribution in [2.75, 3.05) is 4.72 Å². The smallest absolute Gasteiger partial charge is 0.263 e. The Labute approximate surface area is 125 Å². The van der Waals surface area contributed by atoms with Crippen LogP contribution < -0.4 is 4.72 Å². The number of nitrogens with zero attached hydrogens (tertiary/aromatic N) is 1. The SMILES string of the molecule is Cc1cc(C)nc(NS(=O)(=O)c2cc(Br)sc2C)c1. The van der Waals surface area contributed by atoms with Gasteiger partial charge in [-0.1, -0.05) is 0 Å². The van der Waals surface area contributed by atoms with Gasteiger partial charge in [0.05, 0.1) is 3.79 Å². The molecular formula is C12H13BrN2O2S2. The normalized spacial score (nSPS) is 11.6. The lowest BCUT2D eigenvalue weighted by Gasteiger charge is -2.08. The van der Waals surface area contributed by atoms with Crippen molar-refractivity contribution < 1.29 is 8.42 Å². The second-order valence-corrected chi connectivity index (χ2v) is 8.53. The molecule has 0 bridgehead atoms. The maximum Gasteiger partial charge on any atom is 0.264 e. The summed E-state index contributed by atoms with van der Waals surface area (Å²) >= 11 is 4.68. The highest BCUT2D eigenvalue weighted by molar-refractivity contribution is 9.11. The van der Waals surface area contributed by atoms with E-state index in [9.17, 15) is 8.42 Å². The molecular weight excluding hydrogens is 348 g/mol. The molecule has 0 aliphatic carbocycles. The van der Waals surface area contributed by atoms with Crippen LogP contribution in [0.5, 0.6) is 0 Å². The van der Waals surface area contributed by atoms with Gasteiger partial charge in [-0.3, -0.25) is 4.72 Å². The first kappa shape index (κ1) is 14.5. The average molecular weight is 361 g/mol. The number of aromatic nitrogens is 1. The van der Waals surface area contributed by atoms with Gasteiger partial charge < -0.3 is 0 Å². The predicted octanol–water partition coefficient (Wildman–Crippen LogP) is 3.63. The van der Waals surface area contributed by atoms with Crippen LogP contribution in [0.25, 0.3) is 0 Å². The Kier molecular flexibility index (Phi) is 3.98. The number of pyridine rings is 1. The van der Waals surface area contributed by atoms with Crippen molar-refractivity contribution in [3.63, 3.8) is 0 Å². The predicted molar refractivity (Wildman–Crippen MR) is 81.3 cm³/mol. The maximum absolute atomic E-state index is 12.3. The summed E-state index contributed by atoms with van der Waals surface area (Å²) in [7, 11) is -3.59. The third kappa shape index (κ3) is 3.34. The lowest BCUT2D eigenvalue weighted by Crippen LogP contribution is -2.14. The molecule has 0 unspecified atom stereocenters. The molecule has 2 aromatic rings. The van der Waals surface area contributed by atoms with E-state index in [1.165, 1.54) is 11.3 Å². The van der Waals surface area contributed by atoms with Gasteiger partial charge in [-0.15, -0.1) is 11.3 Å². The highest BCUT2D eigenvalue weighted by Gasteiger charge is 2.20. The molecule has 0 saturated carbocycles. The Morgan fingerprint density at radius 1 is 1.21 bits per heavy atom. The fraction of sp³-hybridized carbons (Fsp3) is 0.250. The zero-order valence-electron chi connectivity index (χ0n) is 10.7. The number of sulfonamides is 1. The minimum atomic E-state index is -3.59. The van der Waals surface area contributed by atoms with Crippen LogP contribution in [0.2, 0.25) is 0 Å². The lowest BCUT2D eigenvalue weighted by molar-refractivity contribution is 0.601. The molecule has 102 valence electrons. The van der Waals surface area contributed by atoms with E-state index in [1.54, 1.807) is 19.1 Å². The van der Waals surface area contributed by atoms with E-state index in [1.807, 2.05) is 19.9 Å². The van der Waals surface area contributed by atoms with Crippen LogP contribution in [-0.2, 0) is 10.0 Å². The Morgan fingerprint density at radius 3 is 2.42 bits per heavy atom. The van der Waals surface area contributed by atoms with Gasteiger partial charge in [-0.05, 0) is 60.5 Å². The molecule has 7 heteroatoms. The highest BCUT2D eigenvalue weighted by Crippen LogP contribution is 2.30. The summed E-state index contributed by atoms with van der Waals surface area (Å²) in [6.45, 7) is 5.51. The topological polar surface area (TPSA) is 59.1 Å². The minimum Gasteiger partial charge on any atom is -0.263 e. The Balaban J connectivity index is 2.39. The molecule has 4 nitrogen and oxygen atoms in total. The molecule has 0 radical (unpaired) electrons. The molecule has 0 atom stereocenters. The fourth-order valence-electron chi connectivity index (χ4n) is 1.78. The van der Waals surface area contributed by atoms with Gasteiger partial charge in [0.25, 0.3) is 10.0 Å². The molecule has 0 saturated heterocycles. The van der Waals surface area contributed by atoms with E-state index < -0.39 is 10.0 Å². The van der Waals surface area contributed by atoms with E-state index >= 15 is 0 Å². The monoisotopic (exact) mass is 360 g/mol. The summed E-state index contributed by atoms with van der Waals surface area (Å²) in [6.07, 6.45) is 0. The van der Waals surface area contributed by atoms with Crippen LogP contribution in [0.3, 0.4) is 0 Å². The molecule has 2 aromatic heterocycles. The van der Waals surface area contributed by atoms with Crippen molar-refractivity contribution in [2.45, 2.75) is 25.7 Å². The number of halogens is 1. The first-order valence-corrected chi connectivity index (χ1v) is 8.61. The van der Waals surface area contributed by atoms with Crippen molar-refractivity contribution in [3.8, 4) is 0 Å². The van der Waals surface area contributed by atoms with E-state index in [0.29, 0.717) is 5.82 Å². The molecule has 0 aliphatic heterocycles. The standard InChI is InChI=1S/C12H13BrN2O2S2/c1-7-4-8(2)14-12(5-7)15-19(16,17)10-6-11(13)18-9(10)3/h4-6H,1-3H3,(H,14,15). The summed E-state index contributed by atoms with van der Waals surface area (Å²) in [5.74, 6) is 0.347. The summed E-state index contributed by atoms with van der Waals surface area (Å²) in [6, 6.07) is 5.20. The maximum atomic E-state index is 12.3. The second kappa shape index (κ2) is 5.22. The second-order valence-electron chi connectivity index (χ2n) is 4.25. The Bertz CT molecular complexity index is 703. The molecule has 19 heavy (non-hydrogen) atoms. The van der Waals surface area contributed by atoms with Crippen molar-refractivity contribution >= 4 is 43.1 Å². The third-order valence-electron chi connectivity index (χ3n) is 2.47. The van der Waals surface area contributed by atoms with Crippen LogP contribution in [0, 0.1) is 20.8 Å². The van der Waals surface area contributed by atoms with Gasteiger partial charge in [-0.25, -0.2) is 13.4 Å². The van der Waals surface area contributed by atoms with Crippen molar-refractivity contribution in [1.29, 1.82) is 0 Å².